The van der Waals surface area contributed by atoms with Crippen molar-refractivity contribution >= 4 is 17.7 Å². The Morgan fingerprint density at radius 3 is 2.42 bits per heavy atom. The van der Waals surface area contributed by atoms with E-state index in [0.717, 1.165) is 5.56 Å². The zero-order valence-corrected chi connectivity index (χ0v) is 12.6. The molecule has 2 N–H and O–H groups in total. The Labute approximate surface area is 138 Å². The Balaban J connectivity index is 1.71. The van der Waals surface area contributed by atoms with E-state index < -0.39 is 29.8 Å². The first-order chi connectivity index (χ1) is 11.6. The number of Topliss-reactive ketones (excluding diaryl/α,β-unsaturated/α-hetero) is 1. The predicted molar refractivity (Wildman–Crippen MR) is 84.9 cm³/mol. The molecule has 1 aliphatic heterocycles. The van der Waals surface area contributed by atoms with Crippen LogP contribution in [0.25, 0.3) is 0 Å². The average molecular weight is 325 g/mol. The number of nitrogens with one attached hydrogen (secondary N) is 1. The fourth-order valence-corrected chi connectivity index (χ4v) is 2.56. The normalized spacial score (nSPS) is 16.8. The van der Waals surface area contributed by atoms with E-state index in [2.05, 4.69) is 5.32 Å². The second-order valence-corrected chi connectivity index (χ2v) is 5.45. The van der Waals surface area contributed by atoms with E-state index in [0.29, 0.717) is 11.3 Å². The molecule has 0 saturated carbocycles. The van der Waals surface area contributed by atoms with E-state index in [1.54, 1.807) is 48.5 Å². The summed E-state index contributed by atoms with van der Waals surface area (Å²) in [6, 6.07) is 14.3. The van der Waals surface area contributed by atoms with Crippen molar-refractivity contribution in [3.8, 4) is 5.75 Å². The lowest BCUT2D eigenvalue weighted by Gasteiger charge is -2.17. The SMILES string of the molecule is O=C(N[C@@H](Cc1ccccc1)C(=O)O)C1Oc2ccccc2C1=O. The van der Waals surface area contributed by atoms with Crippen LogP contribution in [0.2, 0.25) is 0 Å². The van der Waals surface area contributed by atoms with Gasteiger partial charge in [-0.3, -0.25) is 9.59 Å². The van der Waals surface area contributed by atoms with E-state index >= 15 is 0 Å². The van der Waals surface area contributed by atoms with Crippen molar-refractivity contribution < 1.29 is 24.2 Å². The van der Waals surface area contributed by atoms with Gasteiger partial charge < -0.3 is 15.2 Å². The number of rotatable bonds is 5. The zero-order valence-electron chi connectivity index (χ0n) is 12.6. The van der Waals surface area contributed by atoms with Crippen molar-refractivity contribution in [2.24, 2.45) is 0 Å². The maximum Gasteiger partial charge on any atom is 0.326 e. The topological polar surface area (TPSA) is 92.7 Å². The number of carboxylic acid groups (broad SMARTS) is 1. The molecule has 1 amide bonds. The summed E-state index contributed by atoms with van der Waals surface area (Å²) < 4.78 is 5.36. The number of amides is 1. The molecule has 2 atom stereocenters. The molecule has 1 aliphatic rings. The van der Waals surface area contributed by atoms with Crippen LogP contribution in [0.3, 0.4) is 0 Å². The minimum absolute atomic E-state index is 0.121. The van der Waals surface area contributed by atoms with Gasteiger partial charge in [-0.2, -0.15) is 0 Å². The van der Waals surface area contributed by atoms with Gasteiger partial charge in [0.1, 0.15) is 11.8 Å². The summed E-state index contributed by atoms with van der Waals surface area (Å²) in [6.45, 7) is 0. The molecule has 3 rings (SSSR count). The molecule has 6 heteroatoms. The van der Waals surface area contributed by atoms with Gasteiger partial charge in [0.25, 0.3) is 5.91 Å². The molecule has 24 heavy (non-hydrogen) atoms. The van der Waals surface area contributed by atoms with Gasteiger partial charge in [0, 0.05) is 6.42 Å². The third kappa shape index (κ3) is 3.12. The Kier molecular flexibility index (Phi) is 4.29. The molecule has 0 spiro atoms. The van der Waals surface area contributed by atoms with Gasteiger partial charge in [0.2, 0.25) is 11.9 Å². The van der Waals surface area contributed by atoms with Gasteiger partial charge in [-0.15, -0.1) is 0 Å². The molecule has 0 aliphatic carbocycles. The molecule has 0 saturated heterocycles. The lowest BCUT2D eigenvalue weighted by Crippen LogP contribution is -2.49. The molecule has 1 unspecified atom stereocenters. The third-order valence-electron chi connectivity index (χ3n) is 3.77. The Bertz CT molecular complexity index is 787. The van der Waals surface area contributed by atoms with Gasteiger partial charge in [0.15, 0.2) is 0 Å². The van der Waals surface area contributed by atoms with Gasteiger partial charge in [0.05, 0.1) is 5.56 Å². The van der Waals surface area contributed by atoms with E-state index in [1.807, 2.05) is 6.07 Å². The average Bonchev–Trinajstić information content (AvgIpc) is 2.92. The molecular weight excluding hydrogens is 310 g/mol. The monoisotopic (exact) mass is 325 g/mol. The first-order valence-corrected chi connectivity index (χ1v) is 7.43. The highest BCUT2D eigenvalue weighted by molar-refractivity contribution is 6.16. The Morgan fingerprint density at radius 2 is 1.75 bits per heavy atom. The minimum Gasteiger partial charge on any atom is -0.480 e. The van der Waals surface area contributed by atoms with E-state index in [-0.39, 0.29) is 6.42 Å². The number of carboxylic acids is 1. The highest BCUT2D eigenvalue weighted by Crippen LogP contribution is 2.28. The van der Waals surface area contributed by atoms with Crippen LogP contribution in [0, 0.1) is 0 Å². The number of carbonyl (C=O) groups is 3. The van der Waals surface area contributed by atoms with Gasteiger partial charge in [-0.25, -0.2) is 4.79 Å². The number of aliphatic carboxylic acids is 1. The fourth-order valence-electron chi connectivity index (χ4n) is 2.56. The van der Waals surface area contributed by atoms with E-state index in [9.17, 15) is 19.5 Å². The highest BCUT2D eigenvalue weighted by Gasteiger charge is 2.39. The summed E-state index contributed by atoms with van der Waals surface area (Å²) in [4.78, 5) is 35.9. The van der Waals surface area contributed by atoms with Crippen LogP contribution in [0.4, 0.5) is 0 Å². The lowest BCUT2D eigenvalue weighted by atomic mass is 10.0. The molecule has 0 bridgehead atoms. The van der Waals surface area contributed by atoms with Gasteiger partial charge in [-0.1, -0.05) is 42.5 Å². The van der Waals surface area contributed by atoms with E-state index in [4.69, 9.17) is 4.74 Å². The van der Waals surface area contributed by atoms with Crippen LogP contribution in [0.5, 0.6) is 5.75 Å². The molecular formula is C18H15NO5. The smallest absolute Gasteiger partial charge is 0.326 e. The molecule has 1 heterocycles. The van der Waals surface area contributed by atoms with Crippen molar-refractivity contribution in [1.29, 1.82) is 0 Å². The number of para-hydroxylation sites is 1. The fraction of sp³-hybridized carbons (Fsp3) is 0.167. The second-order valence-electron chi connectivity index (χ2n) is 5.45. The Morgan fingerprint density at radius 1 is 1.08 bits per heavy atom. The van der Waals surface area contributed by atoms with Crippen molar-refractivity contribution in [2.45, 2.75) is 18.6 Å². The summed E-state index contributed by atoms with van der Waals surface area (Å²) in [5.74, 6) is -2.06. The van der Waals surface area contributed by atoms with Gasteiger partial charge >= 0.3 is 5.97 Å². The maximum absolute atomic E-state index is 12.3. The van der Waals surface area contributed by atoms with Gasteiger partial charge in [-0.05, 0) is 17.7 Å². The number of ketones is 1. The van der Waals surface area contributed by atoms with Crippen LogP contribution < -0.4 is 10.1 Å². The largest absolute Gasteiger partial charge is 0.480 e. The predicted octanol–water partition coefficient (Wildman–Crippen LogP) is 1.44. The van der Waals surface area contributed by atoms with Crippen molar-refractivity contribution in [3.05, 3.63) is 65.7 Å². The maximum atomic E-state index is 12.3. The first-order valence-electron chi connectivity index (χ1n) is 7.43. The highest BCUT2D eigenvalue weighted by atomic mass is 16.5. The standard InChI is InChI=1S/C18H15NO5/c20-15-12-8-4-5-9-14(12)24-16(15)17(21)19-13(18(22)23)10-11-6-2-1-3-7-11/h1-9,13,16H,10H2,(H,19,21)(H,22,23)/t13-,16?/m0/s1. The zero-order chi connectivity index (χ0) is 17.1. The first kappa shape index (κ1) is 15.7. The third-order valence-corrected chi connectivity index (χ3v) is 3.77. The molecule has 2 aromatic carbocycles. The molecule has 6 nitrogen and oxygen atoms in total. The number of fused-ring (bicyclic) bond motifs is 1. The number of ether oxygens (including phenoxy) is 1. The molecule has 0 aromatic heterocycles. The molecule has 122 valence electrons. The summed E-state index contributed by atoms with van der Waals surface area (Å²) in [7, 11) is 0. The van der Waals surface area contributed by atoms with Crippen molar-refractivity contribution in [1.82, 2.24) is 5.32 Å². The van der Waals surface area contributed by atoms with E-state index in [1.165, 1.54) is 0 Å². The van der Waals surface area contributed by atoms with Crippen molar-refractivity contribution in [3.63, 3.8) is 0 Å². The van der Waals surface area contributed by atoms with Crippen LogP contribution in [0.1, 0.15) is 15.9 Å². The molecule has 0 radical (unpaired) electrons. The van der Waals surface area contributed by atoms with Crippen LogP contribution in [-0.2, 0) is 16.0 Å². The number of hydrogen-bond acceptors (Lipinski definition) is 4. The second kappa shape index (κ2) is 6.54. The van der Waals surface area contributed by atoms with Crippen LogP contribution in [-0.4, -0.2) is 34.9 Å². The summed E-state index contributed by atoms with van der Waals surface area (Å²) in [6.07, 6.45) is -1.23. The lowest BCUT2D eigenvalue weighted by molar-refractivity contribution is -0.142. The number of carbonyl (C=O) groups excluding carboxylic acids is 2. The number of hydrogen-bond donors (Lipinski definition) is 2. The summed E-state index contributed by atoms with van der Waals surface area (Å²) in [5.41, 5.74) is 1.10. The molecule has 2 aromatic rings. The van der Waals surface area contributed by atoms with Crippen LogP contribution >= 0.6 is 0 Å². The number of benzene rings is 2. The van der Waals surface area contributed by atoms with Crippen molar-refractivity contribution in [2.75, 3.05) is 0 Å². The Hall–Kier alpha value is -3.15. The van der Waals surface area contributed by atoms with Crippen LogP contribution in [0.15, 0.2) is 54.6 Å². The quantitative estimate of drug-likeness (QED) is 0.812. The summed E-state index contributed by atoms with van der Waals surface area (Å²) >= 11 is 0. The molecule has 0 fully saturated rings. The summed E-state index contributed by atoms with van der Waals surface area (Å²) in [5, 5.41) is 11.7. The minimum atomic E-state index is -1.35.